The van der Waals surface area contributed by atoms with E-state index in [1.165, 1.54) is 4.90 Å². The summed E-state index contributed by atoms with van der Waals surface area (Å²) in [6, 6.07) is 6.91. The second-order valence-corrected chi connectivity index (χ2v) is 6.92. The minimum absolute atomic E-state index is 0.237. The zero-order valence-corrected chi connectivity index (χ0v) is 15.5. The van der Waals surface area contributed by atoms with Gasteiger partial charge in [0.25, 0.3) is 11.8 Å². The van der Waals surface area contributed by atoms with E-state index < -0.39 is 0 Å². The molecule has 2 amide bonds. The lowest BCUT2D eigenvalue weighted by molar-refractivity contribution is 0.0652. The first-order chi connectivity index (χ1) is 13.5. The average molecular weight is 375 g/mol. The molecule has 28 heavy (non-hydrogen) atoms. The topological polar surface area (TPSA) is 93.6 Å². The molecule has 4 aromatic rings. The van der Waals surface area contributed by atoms with Crippen molar-refractivity contribution < 1.29 is 14.0 Å². The van der Waals surface area contributed by atoms with Crippen LogP contribution >= 0.6 is 0 Å². The molecule has 4 heterocycles. The van der Waals surface area contributed by atoms with E-state index in [9.17, 15) is 9.59 Å². The molecular weight excluding hydrogens is 358 g/mol. The Morgan fingerprint density at radius 3 is 2.50 bits per heavy atom. The normalized spacial score (nSPS) is 13.9. The van der Waals surface area contributed by atoms with Crippen LogP contribution in [0.2, 0.25) is 0 Å². The van der Waals surface area contributed by atoms with Gasteiger partial charge in [-0.15, -0.1) is 5.10 Å². The summed E-state index contributed by atoms with van der Waals surface area (Å²) in [7, 11) is 0. The average Bonchev–Trinajstić information content (AvgIpc) is 3.31. The number of carbonyl (C=O) groups excluding carboxylic acids is 2. The summed E-state index contributed by atoms with van der Waals surface area (Å²) in [5.74, 6) is 0.980. The van der Waals surface area contributed by atoms with Gasteiger partial charge in [0.1, 0.15) is 12.1 Å². The molecular formula is C20H17N5O3. The van der Waals surface area contributed by atoms with E-state index in [-0.39, 0.29) is 11.8 Å². The van der Waals surface area contributed by atoms with Gasteiger partial charge in [0, 0.05) is 18.5 Å². The summed E-state index contributed by atoms with van der Waals surface area (Å²) in [5, 5.41) is 5.33. The van der Waals surface area contributed by atoms with Gasteiger partial charge in [-0.3, -0.25) is 14.5 Å². The van der Waals surface area contributed by atoms with Crippen molar-refractivity contribution in [3.8, 4) is 0 Å². The summed E-state index contributed by atoms with van der Waals surface area (Å²) in [6.07, 6.45) is 2.72. The van der Waals surface area contributed by atoms with Crippen LogP contribution in [-0.4, -0.2) is 42.8 Å². The number of aryl methyl sites for hydroxylation is 3. The monoisotopic (exact) mass is 375 g/mol. The number of hydrogen-bond donors (Lipinski definition) is 0. The molecule has 5 rings (SSSR count). The van der Waals surface area contributed by atoms with E-state index in [0.717, 1.165) is 16.7 Å². The lowest BCUT2D eigenvalue weighted by Gasteiger charge is -2.12. The highest BCUT2D eigenvalue weighted by Gasteiger charge is 2.34. The van der Waals surface area contributed by atoms with Gasteiger partial charge in [-0.25, -0.2) is 14.5 Å². The van der Waals surface area contributed by atoms with E-state index in [2.05, 4.69) is 15.1 Å². The van der Waals surface area contributed by atoms with Crippen LogP contribution in [-0.2, 0) is 6.42 Å². The number of hydrogen-bond acceptors (Lipinski definition) is 6. The van der Waals surface area contributed by atoms with Gasteiger partial charge >= 0.3 is 0 Å². The third-order valence-corrected chi connectivity index (χ3v) is 5.21. The van der Waals surface area contributed by atoms with Gasteiger partial charge in [-0.2, -0.15) is 0 Å². The number of amides is 2. The number of imide groups is 1. The van der Waals surface area contributed by atoms with Crippen LogP contribution in [0.25, 0.3) is 16.7 Å². The molecule has 0 atom stereocenters. The zero-order valence-electron chi connectivity index (χ0n) is 15.5. The molecule has 0 spiro atoms. The van der Waals surface area contributed by atoms with Crippen molar-refractivity contribution in [1.29, 1.82) is 0 Å². The fraction of sp³-hybridized carbons (Fsp3) is 0.250. The maximum absolute atomic E-state index is 12.4. The van der Waals surface area contributed by atoms with Crippen LogP contribution in [0.5, 0.6) is 0 Å². The van der Waals surface area contributed by atoms with Gasteiger partial charge in [0.2, 0.25) is 5.71 Å². The Balaban J connectivity index is 1.35. The summed E-state index contributed by atoms with van der Waals surface area (Å²) in [6.45, 7) is 4.20. The van der Waals surface area contributed by atoms with Crippen molar-refractivity contribution in [2.24, 2.45) is 0 Å². The van der Waals surface area contributed by atoms with Crippen molar-refractivity contribution >= 4 is 28.6 Å². The first-order valence-electron chi connectivity index (χ1n) is 9.10. The second-order valence-electron chi connectivity index (χ2n) is 6.92. The van der Waals surface area contributed by atoms with Crippen LogP contribution in [0.4, 0.5) is 0 Å². The van der Waals surface area contributed by atoms with E-state index in [1.807, 2.05) is 13.8 Å². The molecule has 0 fully saturated rings. The van der Waals surface area contributed by atoms with Crippen LogP contribution in [0, 0.1) is 13.8 Å². The predicted molar refractivity (Wildman–Crippen MR) is 100 cm³/mol. The maximum atomic E-state index is 12.4. The van der Waals surface area contributed by atoms with Gasteiger partial charge in [0.15, 0.2) is 11.5 Å². The SMILES string of the molecule is Cc1oc2ncn3nc(CCCN4C(=O)c5ccccc5C4=O)nc3c2c1C. The number of fused-ring (bicyclic) bond motifs is 4. The third kappa shape index (κ3) is 2.34. The van der Waals surface area contributed by atoms with E-state index in [4.69, 9.17) is 4.42 Å². The van der Waals surface area contributed by atoms with E-state index in [0.29, 0.717) is 47.7 Å². The van der Waals surface area contributed by atoms with Crippen molar-refractivity contribution in [3.63, 3.8) is 0 Å². The Hall–Kier alpha value is -3.55. The maximum Gasteiger partial charge on any atom is 0.261 e. The molecule has 1 aliphatic heterocycles. The van der Waals surface area contributed by atoms with Gasteiger partial charge in [-0.1, -0.05) is 12.1 Å². The third-order valence-electron chi connectivity index (χ3n) is 5.21. The molecule has 0 aliphatic carbocycles. The predicted octanol–water partition coefficient (Wildman–Crippen LogP) is 2.72. The first-order valence-corrected chi connectivity index (χ1v) is 9.10. The molecule has 1 aliphatic rings. The Labute approximate surface area is 159 Å². The summed E-state index contributed by atoms with van der Waals surface area (Å²) in [5.41, 5.74) is 3.19. The van der Waals surface area contributed by atoms with Crippen LogP contribution in [0.15, 0.2) is 35.0 Å². The molecule has 3 aromatic heterocycles. The van der Waals surface area contributed by atoms with Gasteiger partial charge < -0.3 is 4.42 Å². The van der Waals surface area contributed by atoms with Crippen LogP contribution in [0.1, 0.15) is 44.3 Å². The number of nitrogens with zero attached hydrogens (tertiary/aromatic N) is 5. The number of carbonyl (C=O) groups is 2. The van der Waals surface area contributed by atoms with Crippen molar-refractivity contribution in [3.05, 3.63) is 58.9 Å². The Kier molecular flexibility index (Phi) is 3.55. The smallest absolute Gasteiger partial charge is 0.261 e. The lowest BCUT2D eigenvalue weighted by Crippen LogP contribution is -2.31. The minimum atomic E-state index is -0.237. The molecule has 140 valence electrons. The summed E-state index contributed by atoms with van der Waals surface area (Å²) < 4.78 is 7.29. The molecule has 0 saturated heterocycles. The van der Waals surface area contributed by atoms with E-state index in [1.54, 1.807) is 35.1 Å². The number of furan rings is 1. The molecule has 0 bridgehead atoms. The molecule has 8 heteroatoms. The highest BCUT2D eigenvalue weighted by Crippen LogP contribution is 2.26. The standard InChI is InChI=1S/C20H17N5O3/c1-11-12(2)28-18-16(11)17-22-15(23-25(17)10-21-18)8-5-9-24-19(26)13-6-3-4-7-14(13)20(24)27/h3-4,6-7,10H,5,8-9H2,1-2H3. The number of rotatable bonds is 4. The summed E-state index contributed by atoms with van der Waals surface area (Å²) >= 11 is 0. The van der Waals surface area contributed by atoms with Crippen molar-refractivity contribution in [1.82, 2.24) is 24.5 Å². The summed E-state index contributed by atoms with van der Waals surface area (Å²) in [4.78, 5) is 35.1. The van der Waals surface area contributed by atoms with Crippen LogP contribution in [0.3, 0.4) is 0 Å². The van der Waals surface area contributed by atoms with Crippen molar-refractivity contribution in [2.75, 3.05) is 6.54 Å². The molecule has 0 unspecified atom stereocenters. The number of benzene rings is 1. The minimum Gasteiger partial charge on any atom is -0.443 e. The van der Waals surface area contributed by atoms with Gasteiger partial charge in [-0.05, 0) is 32.4 Å². The zero-order chi connectivity index (χ0) is 19.4. The highest BCUT2D eigenvalue weighted by atomic mass is 16.3. The quantitative estimate of drug-likeness (QED) is 0.509. The second kappa shape index (κ2) is 5.98. The van der Waals surface area contributed by atoms with Crippen LogP contribution < -0.4 is 0 Å². The molecule has 0 N–H and O–H groups in total. The molecule has 0 radical (unpaired) electrons. The lowest BCUT2D eigenvalue weighted by atomic mass is 10.1. The Bertz CT molecular complexity index is 1230. The number of aromatic nitrogens is 4. The molecule has 0 saturated carbocycles. The van der Waals surface area contributed by atoms with E-state index >= 15 is 0 Å². The molecule has 1 aromatic carbocycles. The van der Waals surface area contributed by atoms with Gasteiger partial charge in [0.05, 0.1) is 16.5 Å². The highest BCUT2D eigenvalue weighted by molar-refractivity contribution is 6.21. The fourth-order valence-corrected chi connectivity index (χ4v) is 3.63. The van der Waals surface area contributed by atoms with Crippen molar-refractivity contribution in [2.45, 2.75) is 26.7 Å². The molecule has 8 nitrogen and oxygen atoms in total. The first kappa shape index (κ1) is 16.6. The Morgan fingerprint density at radius 1 is 1.07 bits per heavy atom. The fourth-order valence-electron chi connectivity index (χ4n) is 3.63. The Morgan fingerprint density at radius 2 is 1.79 bits per heavy atom. The largest absolute Gasteiger partial charge is 0.443 e.